The van der Waals surface area contributed by atoms with Gasteiger partial charge in [-0.05, 0) is 19.3 Å². The highest BCUT2D eigenvalue weighted by Crippen LogP contribution is 2.26. The lowest BCUT2D eigenvalue weighted by Crippen LogP contribution is -2.57. The van der Waals surface area contributed by atoms with Crippen molar-refractivity contribution in [3.63, 3.8) is 0 Å². The maximum absolute atomic E-state index is 12.3. The summed E-state index contributed by atoms with van der Waals surface area (Å²) in [5.41, 5.74) is 0.497. The fourth-order valence-electron chi connectivity index (χ4n) is 2.94. The molecule has 28 heavy (non-hydrogen) atoms. The van der Waals surface area contributed by atoms with Crippen molar-refractivity contribution in [2.24, 2.45) is 5.41 Å². The van der Waals surface area contributed by atoms with Crippen molar-refractivity contribution in [3.8, 4) is 0 Å². The van der Waals surface area contributed by atoms with Crippen LogP contribution in [0, 0.1) is 12.3 Å². The van der Waals surface area contributed by atoms with Crippen molar-refractivity contribution in [1.82, 2.24) is 25.7 Å². The monoisotopic (exact) mass is 394 g/mol. The summed E-state index contributed by atoms with van der Waals surface area (Å²) in [6.07, 6.45) is -0.285. The fourth-order valence-corrected chi connectivity index (χ4v) is 2.94. The van der Waals surface area contributed by atoms with Crippen LogP contribution in [0.2, 0.25) is 0 Å². The van der Waals surface area contributed by atoms with Crippen molar-refractivity contribution in [2.45, 2.75) is 59.4 Å². The minimum atomic E-state index is -0.821. The number of ether oxygens (including phenoxy) is 1. The number of amides is 3. The number of hydrogen-bond donors (Lipinski definition) is 4. The summed E-state index contributed by atoms with van der Waals surface area (Å²) in [4.78, 5) is 36.5. The molecule has 10 nitrogen and oxygen atoms in total. The number of nitrogens with zero attached hydrogens (tertiary/aromatic N) is 2. The zero-order valence-corrected chi connectivity index (χ0v) is 17.3. The molecule has 1 fully saturated rings. The fraction of sp³-hybridized carbons (Fsp3) is 0.667. The third-order valence-corrected chi connectivity index (χ3v) is 4.44. The second kappa shape index (κ2) is 8.70. The summed E-state index contributed by atoms with van der Waals surface area (Å²) in [5, 5.41) is 15.6. The molecule has 3 atom stereocenters. The van der Waals surface area contributed by atoms with Gasteiger partial charge in [0.15, 0.2) is 6.29 Å². The molecule has 1 aliphatic heterocycles. The van der Waals surface area contributed by atoms with E-state index in [-0.39, 0.29) is 23.4 Å². The Bertz CT molecular complexity index is 739. The molecule has 3 unspecified atom stereocenters. The Labute approximate surface area is 164 Å². The SMILES string of the molecule is COCC(C)NC(=O)C(=O)Nc1cc(C)nn1C1NC(=O)CC(C(C)(C)C)N1. The predicted molar refractivity (Wildman–Crippen MR) is 103 cm³/mol. The van der Waals surface area contributed by atoms with Gasteiger partial charge >= 0.3 is 11.8 Å². The standard InChI is InChI=1S/C18H30N6O4/c1-10-7-13(21-16(27)15(26)19-11(2)9-28-6)24(23-10)17-20-12(18(3,4)5)8-14(25)22-17/h7,11-12,17,20H,8-9H2,1-6H3,(H,19,26)(H,21,27)(H,22,25). The zero-order chi connectivity index (χ0) is 21.1. The quantitative estimate of drug-likeness (QED) is 0.531. The smallest absolute Gasteiger partial charge is 0.314 e. The van der Waals surface area contributed by atoms with Crippen LogP contribution in [0.1, 0.15) is 46.1 Å². The van der Waals surface area contributed by atoms with Gasteiger partial charge in [-0.3, -0.25) is 19.7 Å². The van der Waals surface area contributed by atoms with Gasteiger partial charge in [0, 0.05) is 31.7 Å². The van der Waals surface area contributed by atoms with Gasteiger partial charge in [0.2, 0.25) is 5.91 Å². The Morgan fingerprint density at radius 1 is 1.39 bits per heavy atom. The second-order valence-electron chi connectivity index (χ2n) is 8.16. The van der Waals surface area contributed by atoms with E-state index in [1.54, 1.807) is 19.9 Å². The van der Waals surface area contributed by atoms with Gasteiger partial charge in [0.05, 0.1) is 12.3 Å². The summed E-state index contributed by atoms with van der Waals surface area (Å²) in [5.74, 6) is -1.40. The minimum Gasteiger partial charge on any atom is -0.383 e. The van der Waals surface area contributed by atoms with E-state index in [0.29, 0.717) is 24.5 Å². The lowest BCUT2D eigenvalue weighted by Gasteiger charge is -2.39. The number of hydrogen-bond acceptors (Lipinski definition) is 6. The number of anilines is 1. The molecule has 156 valence electrons. The largest absolute Gasteiger partial charge is 0.383 e. The van der Waals surface area contributed by atoms with E-state index in [1.807, 2.05) is 20.8 Å². The van der Waals surface area contributed by atoms with Gasteiger partial charge in [0.1, 0.15) is 5.82 Å². The average Bonchev–Trinajstić information content (AvgIpc) is 2.94. The van der Waals surface area contributed by atoms with Gasteiger partial charge in [-0.1, -0.05) is 20.8 Å². The maximum atomic E-state index is 12.3. The molecule has 0 spiro atoms. The van der Waals surface area contributed by atoms with Gasteiger partial charge in [-0.25, -0.2) is 4.68 Å². The summed E-state index contributed by atoms with van der Waals surface area (Å²) in [7, 11) is 1.51. The number of carbonyl (C=O) groups excluding carboxylic acids is 3. The molecule has 1 aliphatic rings. The van der Waals surface area contributed by atoms with Crippen LogP contribution in [0.3, 0.4) is 0 Å². The van der Waals surface area contributed by atoms with Crippen LogP contribution in [-0.2, 0) is 19.1 Å². The second-order valence-corrected chi connectivity index (χ2v) is 8.16. The molecular weight excluding hydrogens is 364 g/mol. The molecule has 4 N–H and O–H groups in total. The van der Waals surface area contributed by atoms with Crippen molar-refractivity contribution in [2.75, 3.05) is 19.0 Å². The molecule has 0 aliphatic carbocycles. The van der Waals surface area contributed by atoms with E-state index in [9.17, 15) is 14.4 Å². The van der Waals surface area contributed by atoms with Gasteiger partial charge in [-0.2, -0.15) is 5.10 Å². The molecular formula is C18H30N6O4. The van der Waals surface area contributed by atoms with Crippen LogP contribution in [0.25, 0.3) is 0 Å². The molecule has 2 rings (SSSR count). The third-order valence-electron chi connectivity index (χ3n) is 4.44. The van der Waals surface area contributed by atoms with E-state index in [1.165, 1.54) is 11.8 Å². The molecule has 1 aromatic rings. The van der Waals surface area contributed by atoms with E-state index in [4.69, 9.17) is 4.74 Å². The highest BCUT2D eigenvalue weighted by atomic mass is 16.5. The Morgan fingerprint density at radius 2 is 2.07 bits per heavy atom. The lowest BCUT2D eigenvalue weighted by molar-refractivity contribution is -0.136. The first-order chi connectivity index (χ1) is 13.0. The number of rotatable bonds is 5. The Hall–Kier alpha value is -2.46. The first-order valence-corrected chi connectivity index (χ1v) is 9.23. The van der Waals surface area contributed by atoms with Crippen LogP contribution in [0.5, 0.6) is 0 Å². The summed E-state index contributed by atoms with van der Waals surface area (Å²) < 4.78 is 6.41. The molecule has 0 saturated carbocycles. The highest BCUT2D eigenvalue weighted by molar-refractivity contribution is 6.39. The highest BCUT2D eigenvalue weighted by Gasteiger charge is 2.35. The van der Waals surface area contributed by atoms with Crippen molar-refractivity contribution in [3.05, 3.63) is 11.8 Å². The van der Waals surface area contributed by atoms with Crippen molar-refractivity contribution < 1.29 is 19.1 Å². The summed E-state index contributed by atoms with van der Waals surface area (Å²) >= 11 is 0. The molecule has 0 radical (unpaired) electrons. The number of aromatic nitrogens is 2. The van der Waals surface area contributed by atoms with E-state index >= 15 is 0 Å². The number of nitrogens with one attached hydrogen (secondary N) is 4. The lowest BCUT2D eigenvalue weighted by atomic mass is 9.84. The van der Waals surface area contributed by atoms with Crippen LogP contribution >= 0.6 is 0 Å². The molecule has 1 aromatic heterocycles. The molecule has 0 bridgehead atoms. The summed E-state index contributed by atoms with van der Waals surface area (Å²) in [6, 6.07) is 1.26. The first-order valence-electron chi connectivity index (χ1n) is 9.23. The normalized spacial score (nSPS) is 21.0. The summed E-state index contributed by atoms with van der Waals surface area (Å²) in [6.45, 7) is 9.92. The van der Waals surface area contributed by atoms with Crippen LogP contribution in [0.15, 0.2) is 6.07 Å². The Kier molecular flexibility index (Phi) is 6.78. The van der Waals surface area contributed by atoms with Gasteiger partial charge in [0.25, 0.3) is 0 Å². The van der Waals surface area contributed by atoms with Gasteiger partial charge < -0.3 is 20.7 Å². The Balaban J connectivity index is 2.15. The average molecular weight is 394 g/mol. The van der Waals surface area contributed by atoms with Crippen LogP contribution in [0.4, 0.5) is 5.82 Å². The van der Waals surface area contributed by atoms with Crippen molar-refractivity contribution >= 4 is 23.5 Å². The van der Waals surface area contributed by atoms with Crippen LogP contribution in [-0.4, -0.2) is 53.3 Å². The molecule has 3 amide bonds. The zero-order valence-electron chi connectivity index (χ0n) is 17.3. The predicted octanol–water partition coefficient (Wildman–Crippen LogP) is 0.261. The topological polar surface area (TPSA) is 126 Å². The molecule has 1 saturated heterocycles. The first kappa shape index (κ1) is 21.8. The van der Waals surface area contributed by atoms with E-state index in [2.05, 4.69) is 26.4 Å². The third kappa shape index (κ3) is 5.52. The Morgan fingerprint density at radius 3 is 2.68 bits per heavy atom. The van der Waals surface area contributed by atoms with Crippen molar-refractivity contribution in [1.29, 1.82) is 0 Å². The molecule has 0 aromatic carbocycles. The minimum absolute atomic E-state index is 0.0718. The van der Waals surface area contributed by atoms with Crippen LogP contribution < -0.4 is 21.3 Å². The number of aryl methyl sites for hydroxylation is 1. The van der Waals surface area contributed by atoms with E-state index < -0.39 is 18.1 Å². The molecule has 2 heterocycles. The number of methoxy groups -OCH3 is 1. The number of carbonyl (C=O) groups is 3. The van der Waals surface area contributed by atoms with E-state index in [0.717, 1.165) is 0 Å². The van der Waals surface area contributed by atoms with Gasteiger partial charge in [-0.15, -0.1) is 0 Å². The maximum Gasteiger partial charge on any atom is 0.314 e. The molecule has 10 heteroatoms.